The molecule has 18 heavy (non-hydrogen) atoms. The van der Waals surface area contributed by atoms with Crippen LogP contribution >= 0.6 is 0 Å². The highest BCUT2D eigenvalue weighted by atomic mass is 19.1. The average Bonchev–Trinajstić information content (AvgIpc) is 2.41. The Balaban J connectivity index is 2.18. The van der Waals surface area contributed by atoms with Crippen LogP contribution in [0.15, 0.2) is 48.5 Å². The number of nitrogens with two attached hydrogens (primary N) is 1. The number of benzene rings is 2. The molecule has 0 amide bonds. The largest absolute Gasteiger partial charge is 0.484 e. The summed E-state index contributed by atoms with van der Waals surface area (Å²) in [5, 5.41) is 0. The summed E-state index contributed by atoms with van der Waals surface area (Å²) in [4.78, 5) is 0. The average molecular weight is 245 g/mol. The molecule has 0 aromatic heterocycles. The van der Waals surface area contributed by atoms with E-state index >= 15 is 0 Å². The zero-order chi connectivity index (χ0) is 13.0. The van der Waals surface area contributed by atoms with Crippen molar-refractivity contribution in [3.8, 4) is 5.75 Å². The van der Waals surface area contributed by atoms with Crippen molar-refractivity contribution in [1.82, 2.24) is 0 Å². The van der Waals surface area contributed by atoms with Crippen LogP contribution in [-0.2, 0) is 0 Å². The molecule has 94 valence electrons. The molecule has 1 unspecified atom stereocenters. The Kier molecular flexibility index (Phi) is 3.95. The molecule has 0 radical (unpaired) electrons. The standard InChI is InChI=1S/C15H16FNO/c1-11-9-13(7-8-14(11)16)18-15(10-17)12-5-3-2-4-6-12/h2-9,15H,10,17H2,1H3. The second kappa shape index (κ2) is 5.65. The van der Waals surface area contributed by atoms with Gasteiger partial charge in [0.15, 0.2) is 0 Å². The van der Waals surface area contributed by atoms with Gasteiger partial charge in [0, 0.05) is 6.54 Å². The van der Waals surface area contributed by atoms with Crippen LogP contribution in [0, 0.1) is 12.7 Å². The lowest BCUT2D eigenvalue weighted by Gasteiger charge is -2.18. The quantitative estimate of drug-likeness (QED) is 0.897. The van der Waals surface area contributed by atoms with E-state index < -0.39 is 0 Å². The van der Waals surface area contributed by atoms with E-state index in [0.29, 0.717) is 17.9 Å². The summed E-state index contributed by atoms with van der Waals surface area (Å²) in [6, 6.07) is 14.5. The van der Waals surface area contributed by atoms with Crippen LogP contribution in [0.1, 0.15) is 17.2 Å². The zero-order valence-electron chi connectivity index (χ0n) is 10.3. The molecular formula is C15H16FNO. The molecule has 2 rings (SSSR count). The number of halogens is 1. The van der Waals surface area contributed by atoms with Crippen molar-refractivity contribution in [3.05, 3.63) is 65.5 Å². The van der Waals surface area contributed by atoms with Gasteiger partial charge in [-0.2, -0.15) is 0 Å². The third-order valence-corrected chi connectivity index (χ3v) is 2.79. The second-order valence-corrected chi connectivity index (χ2v) is 4.16. The second-order valence-electron chi connectivity index (χ2n) is 4.16. The van der Waals surface area contributed by atoms with Crippen molar-refractivity contribution in [2.24, 2.45) is 5.73 Å². The first-order valence-electron chi connectivity index (χ1n) is 5.88. The minimum Gasteiger partial charge on any atom is -0.484 e. The smallest absolute Gasteiger partial charge is 0.136 e. The predicted octanol–water partition coefficient (Wildman–Crippen LogP) is 3.21. The molecule has 2 nitrogen and oxygen atoms in total. The number of ether oxygens (including phenoxy) is 1. The van der Waals surface area contributed by atoms with Gasteiger partial charge in [0.25, 0.3) is 0 Å². The Bertz CT molecular complexity index is 513. The van der Waals surface area contributed by atoms with Crippen LogP contribution in [0.4, 0.5) is 4.39 Å². The Hall–Kier alpha value is -1.87. The minimum absolute atomic E-state index is 0.212. The van der Waals surface area contributed by atoms with Crippen LogP contribution in [0.3, 0.4) is 0 Å². The maximum atomic E-state index is 13.2. The Labute approximate surface area is 106 Å². The molecule has 2 aromatic carbocycles. The fourth-order valence-corrected chi connectivity index (χ4v) is 1.77. The molecule has 0 spiro atoms. The third kappa shape index (κ3) is 2.87. The minimum atomic E-state index is -0.230. The van der Waals surface area contributed by atoms with Gasteiger partial charge in [-0.1, -0.05) is 30.3 Å². The van der Waals surface area contributed by atoms with Gasteiger partial charge in [-0.15, -0.1) is 0 Å². The normalized spacial score (nSPS) is 12.2. The lowest BCUT2D eigenvalue weighted by molar-refractivity contribution is 0.214. The van der Waals surface area contributed by atoms with E-state index in [1.54, 1.807) is 19.1 Å². The van der Waals surface area contributed by atoms with Crippen LogP contribution in [0.2, 0.25) is 0 Å². The van der Waals surface area contributed by atoms with Crippen molar-refractivity contribution < 1.29 is 9.13 Å². The number of aryl methyl sites for hydroxylation is 1. The monoisotopic (exact) mass is 245 g/mol. The predicted molar refractivity (Wildman–Crippen MR) is 70.0 cm³/mol. The molecule has 3 heteroatoms. The van der Waals surface area contributed by atoms with Crippen LogP contribution in [-0.4, -0.2) is 6.54 Å². The SMILES string of the molecule is Cc1cc(OC(CN)c2ccccc2)ccc1F. The number of rotatable bonds is 4. The molecule has 2 N–H and O–H groups in total. The highest BCUT2D eigenvalue weighted by Gasteiger charge is 2.11. The molecular weight excluding hydrogens is 229 g/mol. The van der Waals surface area contributed by atoms with Gasteiger partial charge in [-0.05, 0) is 36.2 Å². The molecule has 2 aromatic rings. The van der Waals surface area contributed by atoms with E-state index in [2.05, 4.69) is 0 Å². The fourth-order valence-electron chi connectivity index (χ4n) is 1.77. The summed E-state index contributed by atoms with van der Waals surface area (Å²) in [5.74, 6) is 0.402. The lowest BCUT2D eigenvalue weighted by Crippen LogP contribution is -2.18. The Morgan fingerprint density at radius 1 is 1.17 bits per heavy atom. The van der Waals surface area contributed by atoms with Crippen molar-refractivity contribution in [3.63, 3.8) is 0 Å². The molecule has 0 aliphatic carbocycles. The first kappa shape index (κ1) is 12.6. The van der Waals surface area contributed by atoms with Crippen LogP contribution < -0.4 is 10.5 Å². The van der Waals surface area contributed by atoms with Crippen molar-refractivity contribution in [1.29, 1.82) is 0 Å². The molecule has 0 heterocycles. The van der Waals surface area contributed by atoms with E-state index in [0.717, 1.165) is 5.56 Å². The molecule has 0 bridgehead atoms. The summed E-state index contributed by atoms with van der Waals surface area (Å²) >= 11 is 0. The molecule has 0 saturated carbocycles. The summed E-state index contributed by atoms with van der Waals surface area (Å²) in [5.41, 5.74) is 7.30. The van der Waals surface area contributed by atoms with Crippen molar-refractivity contribution >= 4 is 0 Å². The topological polar surface area (TPSA) is 35.2 Å². The fraction of sp³-hybridized carbons (Fsp3) is 0.200. The number of hydrogen-bond acceptors (Lipinski definition) is 2. The summed E-state index contributed by atoms with van der Waals surface area (Å²) in [6.45, 7) is 2.09. The summed E-state index contributed by atoms with van der Waals surface area (Å²) in [6.07, 6.45) is -0.212. The van der Waals surface area contributed by atoms with Crippen molar-refractivity contribution in [2.45, 2.75) is 13.0 Å². The highest BCUT2D eigenvalue weighted by Crippen LogP contribution is 2.23. The molecule has 1 atom stereocenters. The van der Waals surface area contributed by atoms with Gasteiger partial charge in [-0.25, -0.2) is 4.39 Å². The molecule has 0 aliphatic heterocycles. The van der Waals surface area contributed by atoms with Crippen molar-refractivity contribution in [2.75, 3.05) is 6.54 Å². The lowest BCUT2D eigenvalue weighted by atomic mass is 10.1. The van der Waals surface area contributed by atoms with Gasteiger partial charge in [0.2, 0.25) is 0 Å². The van der Waals surface area contributed by atoms with Gasteiger partial charge >= 0.3 is 0 Å². The van der Waals surface area contributed by atoms with E-state index in [1.807, 2.05) is 30.3 Å². The van der Waals surface area contributed by atoms with E-state index in [1.165, 1.54) is 6.07 Å². The summed E-state index contributed by atoms with van der Waals surface area (Å²) in [7, 11) is 0. The first-order valence-corrected chi connectivity index (χ1v) is 5.88. The van der Waals surface area contributed by atoms with E-state index in [4.69, 9.17) is 10.5 Å². The van der Waals surface area contributed by atoms with Gasteiger partial charge in [0.1, 0.15) is 17.7 Å². The molecule has 0 saturated heterocycles. The summed E-state index contributed by atoms with van der Waals surface area (Å²) < 4.78 is 19.0. The van der Waals surface area contributed by atoms with E-state index in [9.17, 15) is 4.39 Å². The third-order valence-electron chi connectivity index (χ3n) is 2.79. The van der Waals surface area contributed by atoms with Gasteiger partial charge in [0.05, 0.1) is 0 Å². The van der Waals surface area contributed by atoms with Crippen LogP contribution in [0.25, 0.3) is 0 Å². The Morgan fingerprint density at radius 2 is 1.89 bits per heavy atom. The van der Waals surface area contributed by atoms with E-state index in [-0.39, 0.29) is 11.9 Å². The zero-order valence-corrected chi connectivity index (χ0v) is 10.3. The highest BCUT2D eigenvalue weighted by molar-refractivity contribution is 5.30. The Morgan fingerprint density at radius 3 is 2.50 bits per heavy atom. The molecule has 0 aliphatic rings. The van der Waals surface area contributed by atoms with Crippen LogP contribution in [0.5, 0.6) is 5.75 Å². The van der Waals surface area contributed by atoms with Gasteiger partial charge < -0.3 is 10.5 Å². The number of hydrogen-bond donors (Lipinski definition) is 1. The first-order chi connectivity index (χ1) is 8.70. The maximum Gasteiger partial charge on any atom is 0.136 e. The maximum absolute atomic E-state index is 13.2. The van der Waals surface area contributed by atoms with Gasteiger partial charge in [-0.3, -0.25) is 0 Å². The molecule has 0 fully saturated rings.